The highest BCUT2D eigenvalue weighted by molar-refractivity contribution is 5.73. The van der Waals surface area contributed by atoms with E-state index in [1.807, 2.05) is 38.1 Å². The number of nitrogens with zero attached hydrogens (tertiary/aromatic N) is 1. The fourth-order valence-electron chi connectivity index (χ4n) is 2.04. The van der Waals surface area contributed by atoms with Crippen LogP contribution in [0.5, 0.6) is 0 Å². The second-order valence-corrected chi connectivity index (χ2v) is 4.54. The third-order valence-electron chi connectivity index (χ3n) is 3.05. The molecule has 0 aliphatic rings. The standard InChI is InChI=1S/C14H16N2O3/c1-8-13(9(2)19-16-8)11-5-3-10(4-6-11)7-12(15)14(17)18/h3-6,12H,7,15H2,1-2H3,(H,17,18)/t12-/m0/s1. The molecule has 1 aromatic carbocycles. The molecule has 100 valence electrons. The Morgan fingerprint density at radius 2 is 2.00 bits per heavy atom. The lowest BCUT2D eigenvalue weighted by molar-refractivity contribution is -0.138. The molecule has 0 spiro atoms. The van der Waals surface area contributed by atoms with Crippen molar-refractivity contribution in [1.29, 1.82) is 0 Å². The third kappa shape index (κ3) is 2.82. The number of aryl methyl sites for hydroxylation is 2. The molecule has 0 saturated carbocycles. The van der Waals surface area contributed by atoms with Crippen LogP contribution in [0, 0.1) is 13.8 Å². The van der Waals surface area contributed by atoms with E-state index in [-0.39, 0.29) is 0 Å². The number of carboxylic acids is 1. The zero-order chi connectivity index (χ0) is 14.0. The molecule has 2 aromatic rings. The Morgan fingerprint density at radius 3 is 2.47 bits per heavy atom. The van der Waals surface area contributed by atoms with Crippen molar-refractivity contribution < 1.29 is 14.4 Å². The summed E-state index contributed by atoms with van der Waals surface area (Å²) in [6.07, 6.45) is 0.317. The first-order valence-corrected chi connectivity index (χ1v) is 5.99. The summed E-state index contributed by atoms with van der Waals surface area (Å²) in [6, 6.07) is 6.74. The highest BCUT2D eigenvalue weighted by Crippen LogP contribution is 2.26. The van der Waals surface area contributed by atoms with E-state index < -0.39 is 12.0 Å². The second-order valence-electron chi connectivity index (χ2n) is 4.54. The number of carbonyl (C=O) groups is 1. The molecule has 5 heteroatoms. The van der Waals surface area contributed by atoms with Crippen LogP contribution >= 0.6 is 0 Å². The molecule has 0 amide bonds. The average Bonchev–Trinajstić information content (AvgIpc) is 2.70. The first-order chi connectivity index (χ1) is 8.99. The topological polar surface area (TPSA) is 89.4 Å². The summed E-state index contributed by atoms with van der Waals surface area (Å²) in [7, 11) is 0. The number of aromatic nitrogens is 1. The van der Waals surface area contributed by atoms with Crippen molar-refractivity contribution in [2.45, 2.75) is 26.3 Å². The van der Waals surface area contributed by atoms with Gasteiger partial charge in [0, 0.05) is 5.56 Å². The maximum atomic E-state index is 10.7. The summed E-state index contributed by atoms with van der Waals surface area (Å²) >= 11 is 0. The summed E-state index contributed by atoms with van der Waals surface area (Å²) in [5.41, 5.74) is 9.22. The molecule has 0 unspecified atom stereocenters. The maximum absolute atomic E-state index is 10.7. The predicted molar refractivity (Wildman–Crippen MR) is 70.7 cm³/mol. The van der Waals surface area contributed by atoms with Gasteiger partial charge in [0.15, 0.2) is 0 Å². The SMILES string of the molecule is Cc1noc(C)c1-c1ccc(C[C@H](N)C(=O)O)cc1. The van der Waals surface area contributed by atoms with E-state index in [4.69, 9.17) is 15.4 Å². The molecule has 3 N–H and O–H groups in total. The van der Waals surface area contributed by atoms with Gasteiger partial charge < -0.3 is 15.4 Å². The highest BCUT2D eigenvalue weighted by Gasteiger charge is 2.14. The number of carboxylic acid groups (broad SMARTS) is 1. The van der Waals surface area contributed by atoms with Crippen LogP contribution in [0.15, 0.2) is 28.8 Å². The molecule has 0 radical (unpaired) electrons. The number of rotatable bonds is 4. The van der Waals surface area contributed by atoms with Crippen molar-refractivity contribution >= 4 is 5.97 Å². The molecule has 0 bridgehead atoms. The van der Waals surface area contributed by atoms with Crippen LogP contribution in [0.1, 0.15) is 17.0 Å². The molecule has 5 nitrogen and oxygen atoms in total. The Hall–Kier alpha value is -2.14. The number of hydrogen-bond acceptors (Lipinski definition) is 4. The van der Waals surface area contributed by atoms with Gasteiger partial charge in [0.05, 0.1) is 5.69 Å². The number of nitrogens with two attached hydrogens (primary N) is 1. The number of hydrogen-bond donors (Lipinski definition) is 2. The van der Waals surface area contributed by atoms with Crippen LogP contribution in [0.4, 0.5) is 0 Å². The second kappa shape index (κ2) is 5.24. The van der Waals surface area contributed by atoms with Gasteiger partial charge in [-0.3, -0.25) is 4.79 Å². The lowest BCUT2D eigenvalue weighted by Crippen LogP contribution is -2.32. The minimum Gasteiger partial charge on any atom is -0.480 e. The van der Waals surface area contributed by atoms with E-state index in [9.17, 15) is 4.79 Å². The van der Waals surface area contributed by atoms with Gasteiger partial charge in [-0.1, -0.05) is 29.4 Å². The van der Waals surface area contributed by atoms with Crippen LogP contribution in [-0.2, 0) is 11.2 Å². The first kappa shape index (κ1) is 13.3. The fraction of sp³-hybridized carbons (Fsp3) is 0.286. The zero-order valence-electron chi connectivity index (χ0n) is 10.9. The van der Waals surface area contributed by atoms with Crippen molar-refractivity contribution in [1.82, 2.24) is 5.16 Å². The molecular formula is C14H16N2O3. The van der Waals surface area contributed by atoms with Gasteiger partial charge in [-0.15, -0.1) is 0 Å². The Labute approximate surface area is 111 Å². The molecule has 0 fully saturated rings. The van der Waals surface area contributed by atoms with Gasteiger partial charge in [-0.05, 0) is 31.4 Å². The molecule has 1 aromatic heterocycles. The zero-order valence-corrected chi connectivity index (χ0v) is 10.9. The van der Waals surface area contributed by atoms with Crippen molar-refractivity contribution in [2.75, 3.05) is 0 Å². The molecule has 1 atom stereocenters. The Morgan fingerprint density at radius 1 is 1.37 bits per heavy atom. The molecule has 2 rings (SSSR count). The summed E-state index contributed by atoms with van der Waals surface area (Å²) in [5, 5.41) is 12.7. The average molecular weight is 260 g/mol. The van der Waals surface area contributed by atoms with E-state index >= 15 is 0 Å². The van der Waals surface area contributed by atoms with Crippen molar-refractivity contribution in [3.63, 3.8) is 0 Å². The van der Waals surface area contributed by atoms with Crippen molar-refractivity contribution in [3.8, 4) is 11.1 Å². The van der Waals surface area contributed by atoms with Crippen molar-refractivity contribution in [3.05, 3.63) is 41.3 Å². The highest BCUT2D eigenvalue weighted by atomic mass is 16.5. The van der Waals surface area contributed by atoms with Gasteiger partial charge in [0.25, 0.3) is 0 Å². The lowest BCUT2D eigenvalue weighted by atomic mass is 10.00. The fourth-order valence-corrected chi connectivity index (χ4v) is 2.04. The molecular weight excluding hydrogens is 244 g/mol. The maximum Gasteiger partial charge on any atom is 0.320 e. The van der Waals surface area contributed by atoms with Crippen LogP contribution in [0.25, 0.3) is 11.1 Å². The molecule has 1 heterocycles. The van der Waals surface area contributed by atoms with Gasteiger partial charge in [-0.2, -0.15) is 0 Å². The van der Waals surface area contributed by atoms with Gasteiger partial charge in [0.1, 0.15) is 11.8 Å². The molecule has 0 saturated heterocycles. The van der Waals surface area contributed by atoms with Gasteiger partial charge in [-0.25, -0.2) is 0 Å². The van der Waals surface area contributed by atoms with Crippen LogP contribution < -0.4 is 5.73 Å². The quantitative estimate of drug-likeness (QED) is 0.876. The Bertz CT molecular complexity index is 568. The Balaban J connectivity index is 2.22. The molecule has 0 aliphatic heterocycles. The number of aliphatic carboxylic acids is 1. The number of benzene rings is 1. The van der Waals surface area contributed by atoms with Crippen LogP contribution in [-0.4, -0.2) is 22.3 Å². The minimum absolute atomic E-state index is 0.317. The summed E-state index contributed by atoms with van der Waals surface area (Å²) < 4.78 is 5.13. The minimum atomic E-state index is -0.991. The Kier molecular flexibility index (Phi) is 3.66. The van der Waals surface area contributed by atoms with Crippen molar-refractivity contribution in [2.24, 2.45) is 5.73 Å². The first-order valence-electron chi connectivity index (χ1n) is 5.99. The van der Waals surface area contributed by atoms with E-state index in [1.54, 1.807) is 0 Å². The molecule has 19 heavy (non-hydrogen) atoms. The summed E-state index contributed by atoms with van der Waals surface area (Å²) in [5.74, 6) is -0.220. The van der Waals surface area contributed by atoms with E-state index in [0.29, 0.717) is 6.42 Å². The van der Waals surface area contributed by atoms with Crippen LogP contribution in [0.2, 0.25) is 0 Å². The van der Waals surface area contributed by atoms with E-state index in [2.05, 4.69) is 5.16 Å². The largest absolute Gasteiger partial charge is 0.480 e. The monoisotopic (exact) mass is 260 g/mol. The summed E-state index contributed by atoms with van der Waals surface area (Å²) in [6.45, 7) is 3.75. The van der Waals surface area contributed by atoms with Gasteiger partial charge >= 0.3 is 5.97 Å². The van der Waals surface area contributed by atoms with Crippen LogP contribution in [0.3, 0.4) is 0 Å². The van der Waals surface area contributed by atoms with E-state index in [0.717, 1.165) is 28.1 Å². The van der Waals surface area contributed by atoms with E-state index in [1.165, 1.54) is 0 Å². The lowest BCUT2D eigenvalue weighted by Gasteiger charge is -2.07. The summed E-state index contributed by atoms with van der Waals surface area (Å²) in [4.78, 5) is 10.7. The van der Waals surface area contributed by atoms with Gasteiger partial charge in [0.2, 0.25) is 0 Å². The predicted octanol–water partition coefficient (Wildman–Crippen LogP) is 1.91. The third-order valence-corrected chi connectivity index (χ3v) is 3.05. The normalized spacial score (nSPS) is 12.4. The molecule has 0 aliphatic carbocycles. The smallest absolute Gasteiger partial charge is 0.320 e.